The number of para-hydroxylation sites is 2. The Morgan fingerprint density at radius 2 is 1.74 bits per heavy atom. The van der Waals surface area contributed by atoms with Crippen molar-refractivity contribution in [3.05, 3.63) is 87.9 Å². The van der Waals surface area contributed by atoms with Gasteiger partial charge in [-0.1, -0.05) is 53.5 Å². The maximum atomic E-state index is 6.44. The summed E-state index contributed by atoms with van der Waals surface area (Å²) in [4.78, 5) is 2.05. The van der Waals surface area contributed by atoms with E-state index in [0.29, 0.717) is 34.9 Å². The highest BCUT2D eigenvalue weighted by atomic mass is 35.5. The van der Waals surface area contributed by atoms with Crippen LogP contribution in [0.4, 0.5) is 5.69 Å². The first-order valence-corrected chi connectivity index (χ1v) is 11.0. The standard InChI is InChI=1S/C24H24Cl2N2O2S/c1-3-30-23-7-5-4-6-22(23)27-24(31)28(15-17-8-12-20(29-2)13-9-17)16-18-10-11-19(25)14-21(18)26/h4-14H,3,15-16H2,1-2H3,(H,27,31). The van der Waals surface area contributed by atoms with Crippen LogP contribution >= 0.6 is 35.4 Å². The quantitative estimate of drug-likeness (QED) is 0.363. The number of hydrogen-bond acceptors (Lipinski definition) is 3. The first-order chi connectivity index (χ1) is 15.0. The molecule has 0 unspecified atom stereocenters. The lowest BCUT2D eigenvalue weighted by Crippen LogP contribution is -2.34. The highest BCUT2D eigenvalue weighted by Crippen LogP contribution is 2.26. The van der Waals surface area contributed by atoms with Gasteiger partial charge in [0.15, 0.2) is 5.11 Å². The SMILES string of the molecule is CCOc1ccccc1NC(=S)N(Cc1ccc(OC)cc1)Cc1ccc(Cl)cc1Cl. The van der Waals surface area contributed by atoms with Crippen molar-refractivity contribution in [1.82, 2.24) is 4.90 Å². The number of methoxy groups -OCH3 is 1. The molecule has 0 aliphatic heterocycles. The van der Waals surface area contributed by atoms with E-state index in [1.807, 2.05) is 67.6 Å². The van der Waals surface area contributed by atoms with Crippen molar-refractivity contribution in [2.75, 3.05) is 19.0 Å². The van der Waals surface area contributed by atoms with E-state index in [0.717, 1.165) is 28.3 Å². The van der Waals surface area contributed by atoms with Crippen LogP contribution in [0.15, 0.2) is 66.7 Å². The van der Waals surface area contributed by atoms with Crippen LogP contribution in [0.5, 0.6) is 11.5 Å². The monoisotopic (exact) mass is 474 g/mol. The minimum atomic E-state index is 0.519. The van der Waals surface area contributed by atoms with E-state index in [1.165, 1.54) is 0 Å². The molecule has 7 heteroatoms. The molecule has 31 heavy (non-hydrogen) atoms. The summed E-state index contributed by atoms with van der Waals surface area (Å²) < 4.78 is 11.0. The van der Waals surface area contributed by atoms with Gasteiger partial charge >= 0.3 is 0 Å². The average molecular weight is 475 g/mol. The van der Waals surface area contributed by atoms with Gasteiger partial charge in [0.1, 0.15) is 11.5 Å². The maximum Gasteiger partial charge on any atom is 0.174 e. The minimum absolute atomic E-state index is 0.519. The zero-order valence-electron chi connectivity index (χ0n) is 17.4. The Morgan fingerprint density at radius 1 is 1.00 bits per heavy atom. The number of halogens is 2. The molecule has 4 nitrogen and oxygen atoms in total. The Balaban J connectivity index is 1.85. The van der Waals surface area contributed by atoms with E-state index in [1.54, 1.807) is 13.2 Å². The van der Waals surface area contributed by atoms with Crippen LogP contribution in [0, 0.1) is 0 Å². The number of ether oxygens (including phenoxy) is 2. The van der Waals surface area contributed by atoms with E-state index in [-0.39, 0.29) is 0 Å². The predicted octanol–water partition coefficient (Wildman–Crippen LogP) is 6.80. The summed E-state index contributed by atoms with van der Waals surface area (Å²) in [6.07, 6.45) is 0. The molecule has 0 bridgehead atoms. The molecular weight excluding hydrogens is 451 g/mol. The van der Waals surface area contributed by atoms with Gasteiger partial charge in [-0.2, -0.15) is 0 Å². The van der Waals surface area contributed by atoms with Crippen molar-refractivity contribution in [2.45, 2.75) is 20.0 Å². The van der Waals surface area contributed by atoms with Gasteiger partial charge in [0.2, 0.25) is 0 Å². The second-order valence-electron chi connectivity index (χ2n) is 6.80. The van der Waals surface area contributed by atoms with Gasteiger partial charge in [-0.15, -0.1) is 0 Å². The van der Waals surface area contributed by atoms with Crippen LogP contribution in [-0.4, -0.2) is 23.7 Å². The molecule has 0 saturated heterocycles. The number of nitrogens with zero attached hydrogens (tertiary/aromatic N) is 1. The molecule has 3 aromatic carbocycles. The van der Waals surface area contributed by atoms with Crippen molar-refractivity contribution in [1.29, 1.82) is 0 Å². The largest absolute Gasteiger partial charge is 0.497 e. The zero-order chi connectivity index (χ0) is 22.2. The number of benzene rings is 3. The first-order valence-electron chi connectivity index (χ1n) is 9.84. The van der Waals surface area contributed by atoms with Crippen LogP contribution in [0.3, 0.4) is 0 Å². The molecule has 0 aliphatic rings. The molecular formula is C24H24Cl2N2O2S. The summed E-state index contributed by atoms with van der Waals surface area (Å²) in [5.74, 6) is 1.56. The summed E-state index contributed by atoms with van der Waals surface area (Å²) in [7, 11) is 1.65. The van der Waals surface area contributed by atoms with Crippen molar-refractivity contribution in [3.8, 4) is 11.5 Å². The molecule has 3 rings (SSSR count). The van der Waals surface area contributed by atoms with Crippen LogP contribution in [0.25, 0.3) is 0 Å². The fourth-order valence-electron chi connectivity index (χ4n) is 3.05. The van der Waals surface area contributed by atoms with Crippen molar-refractivity contribution in [3.63, 3.8) is 0 Å². The fourth-order valence-corrected chi connectivity index (χ4v) is 3.76. The van der Waals surface area contributed by atoms with E-state index in [9.17, 15) is 0 Å². The van der Waals surface area contributed by atoms with Crippen LogP contribution in [-0.2, 0) is 13.1 Å². The van der Waals surface area contributed by atoms with E-state index < -0.39 is 0 Å². The Morgan fingerprint density at radius 3 is 2.42 bits per heavy atom. The smallest absolute Gasteiger partial charge is 0.174 e. The van der Waals surface area contributed by atoms with Crippen molar-refractivity contribution >= 4 is 46.2 Å². The molecule has 0 saturated carbocycles. The highest BCUT2D eigenvalue weighted by molar-refractivity contribution is 7.80. The molecule has 0 amide bonds. The van der Waals surface area contributed by atoms with Gasteiger partial charge in [0, 0.05) is 23.1 Å². The highest BCUT2D eigenvalue weighted by Gasteiger charge is 2.15. The number of anilines is 1. The van der Waals surface area contributed by atoms with E-state index in [2.05, 4.69) is 10.2 Å². The molecule has 1 N–H and O–H groups in total. The third kappa shape index (κ3) is 6.50. The Hall–Kier alpha value is -2.47. The fraction of sp³-hybridized carbons (Fsp3) is 0.208. The summed E-state index contributed by atoms with van der Waals surface area (Å²) in [5, 5.41) is 5.09. The van der Waals surface area contributed by atoms with Crippen molar-refractivity contribution < 1.29 is 9.47 Å². The second-order valence-corrected chi connectivity index (χ2v) is 8.03. The number of rotatable bonds is 8. The van der Waals surface area contributed by atoms with Crippen LogP contribution < -0.4 is 14.8 Å². The lowest BCUT2D eigenvalue weighted by Gasteiger charge is -2.27. The predicted molar refractivity (Wildman–Crippen MR) is 133 cm³/mol. The minimum Gasteiger partial charge on any atom is -0.497 e. The molecule has 0 aromatic heterocycles. The van der Waals surface area contributed by atoms with Crippen molar-refractivity contribution in [2.24, 2.45) is 0 Å². The Labute approximate surface area is 198 Å². The molecule has 0 atom stereocenters. The molecule has 162 valence electrons. The Bertz CT molecular complexity index is 1030. The molecule has 0 heterocycles. The van der Waals surface area contributed by atoms with Crippen LogP contribution in [0.1, 0.15) is 18.1 Å². The number of nitrogens with one attached hydrogen (secondary N) is 1. The Kier molecular flexibility index (Phi) is 8.41. The van der Waals surface area contributed by atoms with E-state index in [4.69, 9.17) is 44.9 Å². The lowest BCUT2D eigenvalue weighted by atomic mass is 10.1. The van der Waals surface area contributed by atoms with Gasteiger partial charge in [0.05, 0.1) is 19.4 Å². The third-order valence-corrected chi connectivity index (χ3v) is 5.57. The molecule has 3 aromatic rings. The average Bonchev–Trinajstić information content (AvgIpc) is 2.77. The summed E-state index contributed by atoms with van der Waals surface area (Å²) >= 11 is 18.3. The van der Waals surface area contributed by atoms with E-state index >= 15 is 0 Å². The number of thiocarbonyl (C=S) groups is 1. The third-order valence-electron chi connectivity index (χ3n) is 4.62. The molecule has 0 fully saturated rings. The van der Waals surface area contributed by atoms with Gasteiger partial charge in [-0.05, 0) is 66.7 Å². The summed E-state index contributed by atoms with van der Waals surface area (Å²) in [6.45, 7) is 3.63. The summed E-state index contributed by atoms with van der Waals surface area (Å²) in [6, 6.07) is 21.1. The summed E-state index contributed by atoms with van der Waals surface area (Å²) in [5.41, 5.74) is 2.84. The first kappa shape index (κ1) is 23.2. The second kappa shape index (κ2) is 11.2. The maximum absolute atomic E-state index is 6.44. The normalized spacial score (nSPS) is 10.5. The van der Waals surface area contributed by atoms with Gasteiger partial charge in [-0.3, -0.25) is 0 Å². The van der Waals surface area contributed by atoms with Gasteiger partial charge in [-0.25, -0.2) is 0 Å². The molecule has 0 spiro atoms. The van der Waals surface area contributed by atoms with Gasteiger partial charge in [0.25, 0.3) is 0 Å². The number of hydrogen-bond donors (Lipinski definition) is 1. The van der Waals surface area contributed by atoms with Gasteiger partial charge < -0.3 is 19.7 Å². The van der Waals surface area contributed by atoms with Crippen LogP contribution in [0.2, 0.25) is 10.0 Å². The lowest BCUT2D eigenvalue weighted by molar-refractivity contribution is 0.342. The molecule has 0 aliphatic carbocycles. The molecule has 0 radical (unpaired) electrons. The topological polar surface area (TPSA) is 33.7 Å². The zero-order valence-corrected chi connectivity index (χ0v) is 19.7.